The Balaban J connectivity index is 1.44. The van der Waals surface area contributed by atoms with Gasteiger partial charge in [0.2, 0.25) is 0 Å². The smallest absolute Gasteiger partial charge is 0.339 e. The van der Waals surface area contributed by atoms with Crippen molar-refractivity contribution in [2.75, 3.05) is 27.3 Å². The SMILES string of the molecule is CO[C@]12C[C@H](COC(=O)c3cncc(Br)c3)CN(C)[C@H]1Cc1cn(C)c3cccc2c13. The zero-order chi connectivity index (χ0) is 21.8. The fraction of sp³-hybridized carbons (Fsp3) is 0.417. The zero-order valence-electron chi connectivity index (χ0n) is 18.0. The molecule has 1 saturated heterocycles. The number of halogens is 1. The summed E-state index contributed by atoms with van der Waals surface area (Å²) in [5.41, 5.74) is 3.90. The lowest BCUT2D eigenvalue weighted by atomic mass is 9.69. The van der Waals surface area contributed by atoms with E-state index in [-0.39, 0.29) is 17.9 Å². The summed E-state index contributed by atoms with van der Waals surface area (Å²) in [5.74, 6) is -0.174. The largest absolute Gasteiger partial charge is 0.462 e. The highest BCUT2D eigenvalue weighted by Gasteiger charge is 2.51. The second-order valence-electron chi connectivity index (χ2n) is 8.78. The molecule has 0 N–H and O–H groups in total. The number of ether oxygens (including phenoxy) is 2. The van der Waals surface area contributed by atoms with Gasteiger partial charge in [-0.15, -0.1) is 0 Å². The molecule has 1 aliphatic carbocycles. The number of pyridine rings is 1. The molecule has 0 spiro atoms. The maximum atomic E-state index is 12.5. The molecule has 0 unspecified atom stereocenters. The van der Waals surface area contributed by atoms with Crippen LogP contribution in [0.3, 0.4) is 0 Å². The molecule has 6 nitrogen and oxygen atoms in total. The van der Waals surface area contributed by atoms with Gasteiger partial charge >= 0.3 is 5.97 Å². The third-order valence-electron chi connectivity index (χ3n) is 6.93. The summed E-state index contributed by atoms with van der Waals surface area (Å²) in [5, 5.41) is 1.31. The third-order valence-corrected chi connectivity index (χ3v) is 7.36. The number of likely N-dealkylation sites (tertiary alicyclic amines) is 1. The number of carbonyl (C=O) groups excluding carboxylic acids is 1. The van der Waals surface area contributed by atoms with E-state index in [1.807, 2.05) is 7.11 Å². The molecular formula is C24H26BrN3O3. The van der Waals surface area contributed by atoms with E-state index in [1.54, 1.807) is 12.3 Å². The summed E-state index contributed by atoms with van der Waals surface area (Å²) in [6.45, 7) is 1.21. The molecule has 3 aromatic rings. The molecule has 0 saturated carbocycles. The molecule has 3 heterocycles. The number of nitrogens with zero attached hydrogens (tertiary/aromatic N) is 3. The highest BCUT2D eigenvalue weighted by atomic mass is 79.9. The number of carbonyl (C=O) groups is 1. The van der Waals surface area contributed by atoms with Gasteiger partial charge in [-0.1, -0.05) is 12.1 Å². The summed E-state index contributed by atoms with van der Waals surface area (Å²) in [6.07, 6.45) is 7.20. The van der Waals surface area contributed by atoms with Crippen LogP contribution in [0, 0.1) is 5.92 Å². The van der Waals surface area contributed by atoms with Crippen molar-refractivity contribution >= 4 is 32.8 Å². The number of likely N-dealkylation sites (N-methyl/N-ethyl adjacent to an activating group) is 1. The van der Waals surface area contributed by atoms with Crippen LogP contribution in [0.1, 0.15) is 27.9 Å². The minimum atomic E-state index is -0.421. The van der Waals surface area contributed by atoms with Crippen molar-refractivity contribution in [2.45, 2.75) is 24.5 Å². The minimum absolute atomic E-state index is 0.172. The average molecular weight is 484 g/mol. The molecule has 7 heteroatoms. The summed E-state index contributed by atoms with van der Waals surface area (Å²) < 4.78 is 15.0. The molecule has 31 heavy (non-hydrogen) atoms. The van der Waals surface area contributed by atoms with Crippen molar-refractivity contribution in [1.29, 1.82) is 0 Å². The molecular weight excluding hydrogens is 458 g/mol. The van der Waals surface area contributed by atoms with Crippen molar-refractivity contribution in [3.63, 3.8) is 0 Å². The van der Waals surface area contributed by atoms with Gasteiger partial charge in [0, 0.05) is 66.6 Å². The lowest BCUT2D eigenvalue weighted by Crippen LogP contribution is -2.59. The zero-order valence-corrected chi connectivity index (χ0v) is 19.6. The van der Waals surface area contributed by atoms with Crippen LogP contribution in [0.4, 0.5) is 0 Å². The van der Waals surface area contributed by atoms with Gasteiger partial charge in [-0.25, -0.2) is 4.79 Å². The maximum absolute atomic E-state index is 12.5. The quantitative estimate of drug-likeness (QED) is 0.526. The number of aromatic nitrogens is 2. The van der Waals surface area contributed by atoms with Crippen molar-refractivity contribution in [3.05, 3.63) is 64.0 Å². The van der Waals surface area contributed by atoms with E-state index in [9.17, 15) is 4.79 Å². The van der Waals surface area contributed by atoms with E-state index in [2.05, 4.69) is 68.9 Å². The number of hydrogen-bond acceptors (Lipinski definition) is 5. The summed E-state index contributed by atoms with van der Waals surface area (Å²) >= 11 is 3.35. The molecule has 5 rings (SSSR count). The Morgan fingerprint density at radius 2 is 2.16 bits per heavy atom. The van der Waals surface area contributed by atoms with Gasteiger partial charge in [-0.3, -0.25) is 9.88 Å². The Bertz CT molecular complexity index is 1160. The second kappa shape index (κ2) is 7.73. The monoisotopic (exact) mass is 483 g/mol. The first kappa shape index (κ1) is 20.7. The topological polar surface area (TPSA) is 56.6 Å². The van der Waals surface area contributed by atoms with Crippen LogP contribution in [0.5, 0.6) is 0 Å². The highest BCUT2D eigenvalue weighted by Crippen LogP contribution is 2.49. The van der Waals surface area contributed by atoms with E-state index in [4.69, 9.17) is 9.47 Å². The first-order valence-electron chi connectivity index (χ1n) is 10.5. The number of methoxy groups -OCH3 is 1. The van der Waals surface area contributed by atoms with Crippen molar-refractivity contribution in [1.82, 2.24) is 14.5 Å². The van der Waals surface area contributed by atoms with E-state index in [0.29, 0.717) is 12.2 Å². The lowest BCUT2D eigenvalue weighted by molar-refractivity contribution is -0.131. The second-order valence-corrected chi connectivity index (χ2v) is 9.69. The molecule has 0 radical (unpaired) electrons. The minimum Gasteiger partial charge on any atom is -0.462 e. The summed E-state index contributed by atoms with van der Waals surface area (Å²) in [4.78, 5) is 19.0. The third kappa shape index (κ3) is 3.30. The van der Waals surface area contributed by atoms with Crippen LogP contribution in [0.25, 0.3) is 10.9 Å². The standard InChI is InChI=1S/C24H26BrN3O3/c1-27-13-17-8-21-24(30-3,19-5-4-6-20(27)22(17)19)9-15(12-28(21)2)14-31-23(29)16-7-18(25)11-26-10-16/h4-7,10-11,13,15,21H,8-9,12,14H2,1-3H3/t15-,21-,24-/m0/s1. The summed E-state index contributed by atoms with van der Waals surface area (Å²) in [7, 11) is 6.07. The van der Waals surface area contributed by atoms with Gasteiger partial charge in [-0.05, 0) is 59.1 Å². The first-order valence-corrected chi connectivity index (χ1v) is 11.3. The molecule has 1 aromatic carbocycles. The number of piperidine rings is 1. The van der Waals surface area contributed by atoms with Crippen molar-refractivity contribution in [2.24, 2.45) is 13.0 Å². The molecule has 0 amide bonds. The molecule has 1 fully saturated rings. The summed E-state index contributed by atoms with van der Waals surface area (Å²) in [6, 6.07) is 8.47. The lowest BCUT2D eigenvalue weighted by Gasteiger charge is -2.53. The fourth-order valence-electron chi connectivity index (χ4n) is 5.63. The van der Waals surface area contributed by atoms with Crippen LogP contribution in [0.15, 0.2) is 47.3 Å². The van der Waals surface area contributed by atoms with E-state index >= 15 is 0 Å². The number of fused-ring (bicyclic) bond motifs is 2. The number of rotatable bonds is 4. The normalized spacial score (nSPS) is 25.4. The molecule has 2 aromatic heterocycles. The number of benzene rings is 1. The van der Waals surface area contributed by atoms with Crippen LogP contribution in [0.2, 0.25) is 0 Å². The van der Waals surface area contributed by atoms with Crippen LogP contribution < -0.4 is 0 Å². The van der Waals surface area contributed by atoms with E-state index in [1.165, 1.54) is 28.2 Å². The Morgan fingerprint density at radius 3 is 2.94 bits per heavy atom. The molecule has 2 aliphatic rings. The maximum Gasteiger partial charge on any atom is 0.339 e. The van der Waals surface area contributed by atoms with Crippen molar-refractivity contribution < 1.29 is 14.3 Å². The molecule has 3 atom stereocenters. The average Bonchev–Trinajstić information content (AvgIpc) is 3.09. The van der Waals surface area contributed by atoms with Gasteiger partial charge < -0.3 is 14.0 Å². The van der Waals surface area contributed by atoms with Crippen LogP contribution in [-0.4, -0.2) is 53.8 Å². The number of aryl methyl sites for hydroxylation is 1. The Kier molecular flexibility index (Phi) is 5.15. The Hall–Kier alpha value is -2.22. The van der Waals surface area contributed by atoms with Gasteiger partial charge in [0.25, 0.3) is 0 Å². The number of hydrogen-bond donors (Lipinski definition) is 0. The predicted molar refractivity (Wildman–Crippen MR) is 122 cm³/mol. The van der Waals surface area contributed by atoms with Crippen LogP contribution in [-0.2, 0) is 28.5 Å². The van der Waals surface area contributed by atoms with E-state index in [0.717, 1.165) is 23.9 Å². The molecule has 162 valence electrons. The van der Waals surface area contributed by atoms with Gasteiger partial charge in [0.05, 0.1) is 12.2 Å². The molecule has 0 bridgehead atoms. The van der Waals surface area contributed by atoms with Crippen molar-refractivity contribution in [3.8, 4) is 0 Å². The van der Waals surface area contributed by atoms with E-state index < -0.39 is 5.60 Å². The Morgan fingerprint density at radius 1 is 1.32 bits per heavy atom. The predicted octanol–water partition coefficient (Wildman–Crippen LogP) is 3.91. The van der Waals surface area contributed by atoms with Gasteiger partial charge in [0.15, 0.2) is 0 Å². The molecule has 1 aliphatic heterocycles. The highest BCUT2D eigenvalue weighted by molar-refractivity contribution is 9.10. The Labute approximate surface area is 190 Å². The fourth-order valence-corrected chi connectivity index (χ4v) is 5.99. The number of esters is 1. The van der Waals surface area contributed by atoms with Crippen LogP contribution >= 0.6 is 15.9 Å². The first-order chi connectivity index (χ1) is 14.9. The van der Waals surface area contributed by atoms with Gasteiger partial charge in [0.1, 0.15) is 5.60 Å². The van der Waals surface area contributed by atoms with Gasteiger partial charge in [-0.2, -0.15) is 0 Å².